The second-order valence-electron chi connectivity index (χ2n) is 8.51. The predicted octanol–water partition coefficient (Wildman–Crippen LogP) is 5.44. The highest BCUT2D eigenvalue weighted by Gasteiger charge is 2.28. The lowest BCUT2D eigenvalue weighted by molar-refractivity contribution is -0.140. The lowest BCUT2D eigenvalue weighted by Crippen LogP contribution is -2.42. The molecule has 158 valence electrons. The highest BCUT2D eigenvalue weighted by molar-refractivity contribution is 6.84. The normalized spacial score (nSPS) is 12.4. The molecule has 0 spiro atoms. The van der Waals surface area contributed by atoms with Gasteiger partial charge in [-0.25, -0.2) is 9.59 Å². The molecule has 0 atom stereocenters. The average Bonchev–Trinajstić information content (AvgIpc) is 2.54. The minimum Gasteiger partial charge on any atom is -0.463 e. The second-order valence-corrected chi connectivity index (χ2v) is 17.6. The number of esters is 2. The van der Waals surface area contributed by atoms with E-state index < -0.39 is 28.6 Å². The van der Waals surface area contributed by atoms with Crippen molar-refractivity contribution in [2.75, 3.05) is 13.2 Å². The molecule has 0 rings (SSSR count). The Hall–Kier alpha value is -0.926. The summed E-state index contributed by atoms with van der Waals surface area (Å²) in [6.07, 6.45) is 9.91. The molecule has 27 heavy (non-hydrogen) atoms. The molecule has 5 nitrogen and oxygen atoms in total. The van der Waals surface area contributed by atoms with Crippen LogP contribution >= 0.6 is 0 Å². The first kappa shape index (κ1) is 26.1. The van der Waals surface area contributed by atoms with Crippen molar-refractivity contribution in [2.24, 2.45) is 0 Å². The molecule has 0 unspecified atom stereocenters. The van der Waals surface area contributed by atoms with E-state index in [1.807, 2.05) is 0 Å². The minimum absolute atomic E-state index is 0.349. The van der Waals surface area contributed by atoms with Crippen LogP contribution in [0.3, 0.4) is 0 Å². The van der Waals surface area contributed by atoms with Crippen LogP contribution in [-0.2, 0) is 23.2 Å². The molecule has 0 aromatic heterocycles. The Morgan fingerprint density at radius 3 is 1.74 bits per heavy atom. The van der Waals surface area contributed by atoms with Gasteiger partial charge in [-0.2, -0.15) is 0 Å². The van der Waals surface area contributed by atoms with Gasteiger partial charge in [0.15, 0.2) is 16.6 Å². The van der Waals surface area contributed by atoms with Crippen LogP contribution in [0.25, 0.3) is 0 Å². The SMILES string of the molecule is CCCCCCCCOC(=O)C=CC(=O)OCCC[Si](C)(C)O[Si](C)(C)C. The summed E-state index contributed by atoms with van der Waals surface area (Å²) < 4.78 is 16.5. The molecule has 0 aromatic rings. The zero-order valence-electron chi connectivity index (χ0n) is 18.3. The smallest absolute Gasteiger partial charge is 0.331 e. The van der Waals surface area contributed by atoms with E-state index in [1.54, 1.807) is 0 Å². The molecule has 0 aromatic carbocycles. The van der Waals surface area contributed by atoms with Gasteiger partial charge < -0.3 is 13.6 Å². The van der Waals surface area contributed by atoms with Gasteiger partial charge in [-0.3, -0.25) is 0 Å². The summed E-state index contributed by atoms with van der Waals surface area (Å²) in [6, 6.07) is 0.953. The molecular formula is C20H40O5Si2. The first-order valence-electron chi connectivity index (χ1n) is 10.3. The number of hydrogen-bond donors (Lipinski definition) is 0. The number of unbranched alkanes of at least 4 members (excludes halogenated alkanes) is 5. The number of carbonyl (C=O) groups is 2. The molecule has 0 aliphatic rings. The second kappa shape index (κ2) is 14.1. The van der Waals surface area contributed by atoms with E-state index in [2.05, 4.69) is 39.7 Å². The first-order valence-corrected chi connectivity index (χ1v) is 16.8. The summed E-state index contributed by atoms with van der Waals surface area (Å²) in [5, 5.41) is 0. The van der Waals surface area contributed by atoms with Crippen molar-refractivity contribution in [2.45, 2.75) is 90.6 Å². The fourth-order valence-corrected chi connectivity index (χ4v) is 10.9. The fourth-order valence-electron chi connectivity index (χ4n) is 2.84. The third kappa shape index (κ3) is 18.2. The van der Waals surface area contributed by atoms with Crippen molar-refractivity contribution in [3.8, 4) is 0 Å². The molecule has 0 saturated heterocycles. The zero-order chi connectivity index (χ0) is 20.8. The maximum Gasteiger partial charge on any atom is 0.331 e. The van der Waals surface area contributed by atoms with Crippen LogP contribution < -0.4 is 0 Å². The maximum absolute atomic E-state index is 11.6. The Kier molecular flexibility index (Phi) is 13.6. The van der Waals surface area contributed by atoms with Gasteiger partial charge in [0, 0.05) is 12.2 Å². The van der Waals surface area contributed by atoms with E-state index in [0.29, 0.717) is 13.2 Å². The molecule has 0 amide bonds. The largest absolute Gasteiger partial charge is 0.463 e. The number of ether oxygens (including phenoxy) is 2. The molecule has 7 heteroatoms. The molecule has 0 saturated carbocycles. The highest BCUT2D eigenvalue weighted by Crippen LogP contribution is 2.19. The van der Waals surface area contributed by atoms with E-state index in [-0.39, 0.29) is 0 Å². The maximum atomic E-state index is 11.6. The van der Waals surface area contributed by atoms with Crippen molar-refractivity contribution >= 4 is 28.6 Å². The Bertz CT molecular complexity index is 456. The van der Waals surface area contributed by atoms with E-state index in [1.165, 1.54) is 25.7 Å². The monoisotopic (exact) mass is 416 g/mol. The summed E-state index contributed by atoms with van der Waals surface area (Å²) in [5.41, 5.74) is 0. The van der Waals surface area contributed by atoms with Gasteiger partial charge in [0.05, 0.1) is 13.2 Å². The van der Waals surface area contributed by atoms with Gasteiger partial charge in [-0.15, -0.1) is 0 Å². The molecular weight excluding hydrogens is 376 g/mol. The Balaban J connectivity index is 3.81. The first-order chi connectivity index (χ1) is 12.6. The van der Waals surface area contributed by atoms with E-state index in [9.17, 15) is 9.59 Å². The highest BCUT2D eigenvalue weighted by atomic mass is 28.4. The van der Waals surface area contributed by atoms with Crippen LogP contribution in [0.15, 0.2) is 12.2 Å². The molecule has 0 radical (unpaired) electrons. The molecule has 0 heterocycles. The van der Waals surface area contributed by atoms with Crippen molar-refractivity contribution in [3.05, 3.63) is 12.2 Å². The Morgan fingerprint density at radius 2 is 1.22 bits per heavy atom. The van der Waals surface area contributed by atoms with Crippen molar-refractivity contribution in [1.29, 1.82) is 0 Å². The van der Waals surface area contributed by atoms with Crippen LogP contribution in [0, 0.1) is 0 Å². The van der Waals surface area contributed by atoms with E-state index >= 15 is 0 Å². The lowest BCUT2D eigenvalue weighted by atomic mass is 10.1. The van der Waals surface area contributed by atoms with Crippen LogP contribution in [0.1, 0.15) is 51.9 Å². The van der Waals surface area contributed by atoms with E-state index in [4.69, 9.17) is 13.6 Å². The number of rotatable bonds is 15. The Labute approximate surface area is 168 Å². The van der Waals surface area contributed by atoms with Crippen LogP contribution in [0.2, 0.25) is 38.8 Å². The lowest BCUT2D eigenvalue weighted by Gasteiger charge is -2.31. The van der Waals surface area contributed by atoms with Gasteiger partial charge >= 0.3 is 11.9 Å². The Morgan fingerprint density at radius 1 is 0.741 bits per heavy atom. The predicted molar refractivity (Wildman–Crippen MR) is 116 cm³/mol. The summed E-state index contributed by atoms with van der Waals surface area (Å²) in [5.74, 6) is -0.991. The number of hydrogen-bond acceptors (Lipinski definition) is 5. The molecule has 0 N–H and O–H groups in total. The van der Waals surface area contributed by atoms with Gasteiger partial charge in [0.2, 0.25) is 0 Å². The van der Waals surface area contributed by atoms with Crippen molar-refractivity contribution in [1.82, 2.24) is 0 Å². The van der Waals surface area contributed by atoms with Crippen molar-refractivity contribution < 1.29 is 23.2 Å². The fraction of sp³-hybridized carbons (Fsp3) is 0.800. The van der Waals surface area contributed by atoms with Gasteiger partial charge in [-0.1, -0.05) is 39.0 Å². The van der Waals surface area contributed by atoms with E-state index in [0.717, 1.165) is 37.5 Å². The topological polar surface area (TPSA) is 61.8 Å². The van der Waals surface area contributed by atoms with Gasteiger partial charge in [0.25, 0.3) is 0 Å². The summed E-state index contributed by atoms with van der Waals surface area (Å²) in [6.45, 7) is 13.9. The van der Waals surface area contributed by atoms with Crippen LogP contribution in [0.4, 0.5) is 0 Å². The number of carbonyl (C=O) groups excluding carboxylic acids is 2. The standard InChI is InChI=1S/C20H40O5Si2/c1-7-8-9-10-11-12-16-23-19(21)14-15-20(22)24-17-13-18-27(5,6)25-26(2,3)4/h14-15H,7-13,16-18H2,1-6H3. The quantitative estimate of drug-likeness (QED) is 0.154. The van der Waals surface area contributed by atoms with Gasteiger partial charge in [0.1, 0.15) is 0 Å². The zero-order valence-corrected chi connectivity index (χ0v) is 20.3. The molecule has 0 fully saturated rings. The van der Waals surface area contributed by atoms with Crippen LogP contribution in [-0.4, -0.2) is 41.8 Å². The summed E-state index contributed by atoms with van der Waals surface area (Å²) >= 11 is 0. The van der Waals surface area contributed by atoms with Crippen LogP contribution in [0.5, 0.6) is 0 Å². The van der Waals surface area contributed by atoms with Crippen molar-refractivity contribution in [3.63, 3.8) is 0 Å². The minimum atomic E-state index is -1.70. The average molecular weight is 417 g/mol. The summed E-state index contributed by atoms with van der Waals surface area (Å²) in [7, 11) is -3.23. The molecule has 0 bridgehead atoms. The molecule has 0 aliphatic heterocycles. The van der Waals surface area contributed by atoms with Gasteiger partial charge in [-0.05, 0) is 51.6 Å². The summed E-state index contributed by atoms with van der Waals surface area (Å²) in [4.78, 5) is 23.2. The molecule has 0 aliphatic carbocycles. The third-order valence-electron chi connectivity index (χ3n) is 3.85. The third-order valence-corrected chi connectivity index (χ3v) is 10.1.